The van der Waals surface area contributed by atoms with Crippen LogP contribution in [0.15, 0.2) is 12.1 Å². The van der Waals surface area contributed by atoms with E-state index in [1.165, 1.54) is 37.7 Å². The molecular weight excluding hydrogens is 206 g/mol. The second-order valence-corrected chi connectivity index (χ2v) is 5.39. The van der Waals surface area contributed by atoms with Crippen LogP contribution in [0.3, 0.4) is 0 Å². The lowest BCUT2D eigenvalue weighted by molar-refractivity contribution is 0.575. The highest BCUT2D eigenvalue weighted by atomic mass is 14.6. The van der Waals surface area contributed by atoms with Gasteiger partial charge in [-0.2, -0.15) is 0 Å². The average Bonchev–Trinajstić information content (AvgIpc) is 2.31. The van der Waals surface area contributed by atoms with E-state index in [4.69, 9.17) is 5.73 Å². The topological polar surface area (TPSA) is 26.0 Å². The third-order valence-electron chi connectivity index (χ3n) is 3.83. The van der Waals surface area contributed by atoms with Crippen molar-refractivity contribution in [2.75, 3.05) is 0 Å². The first-order chi connectivity index (χ1) is 8.24. The van der Waals surface area contributed by atoms with Crippen LogP contribution >= 0.6 is 0 Å². The minimum atomic E-state index is 0.383. The SMILES string of the molecule is CCCc1cc2c(cc1CCC)CC(N)CC2. The molecule has 1 atom stereocenters. The molecule has 0 aromatic heterocycles. The molecule has 0 radical (unpaired) electrons. The first-order valence-electron chi connectivity index (χ1n) is 7.13. The zero-order valence-electron chi connectivity index (χ0n) is 11.3. The van der Waals surface area contributed by atoms with Gasteiger partial charge in [-0.1, -0.05) is 38.8 Å². The third-order valence-corrected chi connectivity index (χ3v) is 3.83. The van der Waals surface area contributed by atoms with Gasteiger partial charge >= 0.3 is 0 Å². The normalized spacial score (nSPS) is 19.1. The molecule has 1 aromatic carbocycles. The Balaban J connectivity index is 2.33. The first kappa shape index (κ1) is 12.6. The zero-order valence-corrected chi connectivity index (χ0v) is 11.3. The second-order valence-electron chi connectivity index (χ2n) is 5.39. The van der Waals surface area contributed by atoms with Crippen LogP contribution in [0.5, 0.6) is 0 Å². The molecule has 0 saturated heterocycles. The molecule has 1 nitrogen and oxygen atoms in total. The van der Waals surface area contributed by atoms with Gasteiger partial charge in [-0.3, -0.25) is 0 Å². The lowest BCUT2D eigenvalue weighted by Gasteiger charge is -2.24. The molecule has 1 heteroatoms. The first-order valence-corrected chi connectivity index (χ1v) is 7.13. The third kappa shape index (κ3) is 2.90. The summed E-state index contributed by atoms with van der Waals surface area (Å²) in [5.41, 5.74) is 12.3. The summed E-state index contributed by atoms with van der Waals surface area (Å²) < 4.78 is 0. The van der Waals surface area contributed by atoms with Crippen LogP contribution in [0.2, 0.25) is 0 Å². The van der Waals surface area contributed by atoms with Gasteiger partial charge in [0.05, 0.1) is 0 Å². The van der Waals surface area contributed by atoms with Gasteiger partial charge in [0.25, 0.3) is 0 Å². The monoisotopic (exact) mass is 231 g/mol. The van der Waals surface area contributed by atoms with Crippen molar-refractivity contribution in [1.29, 1.82) is 0 Å². The highest BCUT2D eigenvalue weighted by Crippen LogP contribution is 2.26. The number of hydrogen-bond donors (Lipinski definition) is 1. The largest absolute Gasteiger partial charge is 0.327 e. The van der Waals surface area contributed by atoms with E-state index in [1.54, 1.807) is 16.7 Å². The fourth-order valence-corrected chi connectivity index (χ4v) is 2.94. The van der Waals surface area contributed by atoms with Crippen LogP contribution in [-0.4, -0.2) is 6.04 Å². The van der Waals surface area contributed by atoms with Crippen molar-refractivity contribution in [2.24, 2.45) is 5.73 Å². The molecule has 0 spiro atoms. The van der Waals surface area contributed by atoms with E-state index in [0.717, 1.165) is 12.8 Å². The molecule has 0 amide bonds. The van der Waals surface area contributed by atoms with Crippen molar-refractivity contribution in [1.82, 2.24) is 0 Å². The lowest BCUT2D eigenvalue weighted by atomic mass is 9.84. The van der Waals surface area contributed by atoms with Crippen LogP contribution in [0.25, 0.3) is 0 Å². The summed E-state index contributed by atoms with van der Waals surface area (Å²) in [6, 6.07) is 5.30. The number of rotatable bonds is 4. The summed E-state index contributed by atoms with van der Waals surface area (Å²) in [4.78, 5) is 0. The molecule has 0 fully saturated rings. The maximum absolute atomic E-state index is 6.07. The van der Waals surface area contributed by atoms with Crippen molar-refractivity contribution in [3.05, 3.63) is 34.4 Å². The lowest BCUT2D eigenvalue weighted by Crippen LogP contribution is -2.28. The molecule has 0 aliphatic heterocycles. The molecule has 0 saturated carbocycles. The Labute approximate surface area is 105 Å². The number of fused-ring (bicyclic) bond motifs is 1. The minimum absolute atomic E-state index is 0.383. The summed E-state index contributed by atoms with van der Waals surface area (Å²) in [6.07, 6.45) is 8.35. The second kappa shape index (κ2) is 5.68. The Hall–Kier alpha value is -0.820. The summed E-state index contributed by atoms with van der Waals surface area (Å²) in [7, 11) is 0. The van der Waals surface area contributed by atoms with Crippen LogP contribution in [0.1, 0.15) is 55.4 Å². The summed E-state index contributed by atoms with van der Waals surface area (Å²) >= 11 is 0. The van der Waals surface area contributed by atoms with Crippen LogP contribution in [0, 0.1) is 0 Å². The van der Waals surface area contributed by atoms with Crippen molar-refractivity contribution in [3.63, 3.8) is 0 Å². The quantitative estimate of drug-likeness (QED) is 0.844. The van der Waals surface area contributed by atoms with E-state index in [2.05, 4.69) is 26.0 Å². The van der Waals surface area contributed by atoms with E-state index in [9.17, 15) is 0 Å². The Morgan fingerprint density at radius 2 is 1.65 bits per heavy atom. The Bertz CT molecular complexity index is 381. The smallest absolute Gasteiger partial charge is 0.00825 e. The van der Waals surface area contributed by atoms with E-state index in [-0.39, 0.29) is 0 Å². The van der Waals surface area contributed by atoms with E-state index >= 15 is 0 Å². The Morgan fingerprint density at radius 1 is 1.06 bits per heavy atom. The van der Waals surface area contributed by atoms with Gasteiger partial charge in [0.1, 0.15) is 0 Å². The molecule has 2 N–H and O–H groups in total. The van der Waals surface area contributed by atoms with Crippen LogP contribution in [-0.2, 0) is 25.7 Å². The molecule has 1 aromatic rings. The molecular formula is C16H25N. The summed E-state index contributed by atoms with van der Waals surface area (Å²) in [5.74, 6) is 0. The minimum Gasteiger partial charge on any atom is -0.327 e. The van der Waals surface area contributed by atoms with Gasteiger partial charge < -0.3 is 5.73 Å². The molecule has 0 bridgehead atoms. The maximum Gasteiger partial charge on any atom is 0.00825 e. The highest BCUT2D eigenvalue weighted by molar-refractivity contribution is 5.40. The molecule has 1 aliphatic rings. The van der Waals surface area contributed by atoms with Gasteiger partial charge in [-0.15, -0.1) is 0 Å². The number of aryl methyl sites for hydroxylation is 3. The fraction of sp³-hybridized carbons (Fsp3) is 0.625. The van der Waals surface area contributed by atoms with Gasteiger partial charge in [0.15, 0.2) is 0 Å². The number of hydrogen-bond acceptors (Lipinski definition) is 1. The van der Waals surface area contributed by atoms with Crippen LogP contribution < -0.4 is 5.73 Å². The average molecular weight is 231 g/mol. The van der Waals surface area contributed by atoms with Gasteiger partial charge in [0, 0.05) is 6.04 Å². The molecule has 17 heavy (non-hydrogen) atoms. The van der Waals surface area contributed by atoms with Crippen molar-refractivity contribution >= 4 is 0 Å². The summed E-state index contributed by atoms with van der Waals surface area (Å²) in [5, 5.41) is 0. The van der Waals surface area contributed by atoms with Gasteiger partial charge in [-0.05, 0) is 54.4 Å². The van der Waals surface area contributed by atoms with Crippen molar-refractivity contribution in [2.45, 2.75) is 64.8 Å². The molecule has 94 valence electrons. The molecule has 0 heterocycles. The fourth-order valence-electron chi connectivity index (χ4n) is 2.94. The summed E-state index contributed by atoms with van der Waals surface area (Å²) in [6.45, 7) is 4.53. The molecule has 2 rings (SSSR count). The highest BCUT2D eigenvalue weighted by Gasteiger charge is 2.17. The standard InChI is InChI=1S/C16H25N/c1-3-5-12-9-14-7-8-16(17)11-15(14)10-13(12)6-4-2/h9-10,16H,3-8,11,17H2,1-2H3. The molecule has 1 aliphatic carbocycles. The predicted octanol–water partition coefficient (Wildman–Crippen LogP) is 3.41. The van der Waals surface area contributed by atoms with Gasteiger partial charge in [-0.25, -0.2) is 0 Å². The Kier molecular flexibility index (Phi) is 4.22. The van der Waals surface area contributed by atoms with E-state index in [1.807, 2.05) is 0 Å². The number of nitrogens with two attached hydrogens (primary N) is 1. The van der Waals surface area contributed by atoms with Crippen molar-refractivity contribution < 1.29 is 0 Å². The maximum atomic E-state index is 6.07. The van der Waals surface area contributed by atoms with E-state index in [0.29, 0.717) is 6.04 Å². The van der Waals surface area contributed by atoms with E-state index < -0.39 is 0 Å². The Morgan fingerprint density at radius 3 is 2.24 bits per heavy atom. The predicted molar refractivity (Wildman–Crippen MR) is 74.4 cm³/mol. The number of benzene rings is 1. The van der Waals surface area contributed by atoms with Crippen LogP contribution in [0.4, 0.5) is 0 Å². The van der Waals surface area contributed by atoms with Gasteiger partial charge in [0.2, 0.25) is 0 Å². The zero-order chi connectivity index (χ0) is 12.3. The van der Waals surface area contributed by atoms with Crippen molar-refractivity contribution in [3.8, 4) is 0 Å². The molecule has 1 unspecified atom stereocenters.